The SMILES string of the molecule is Cc1nc(NC(=O)c2ccc(CN3CCOCC3)cc2)nc(-c2ccccn2)n1. The molecule has 148 valence electrons. The van der Waals surface area contributed by atoms with Crippen molar-refractivity contribution < 1.29 is 9.53 Å². The number of hydrogen-bond acceptors (Lipinski definition) is 7. The number of morpholine rings is 1. The van der Waals surface area contributed by atoms with E-state index >= 15 is 0 Å². The first-order chi connectivity index (χ1) is 14.2. The lowest BCUT2D eigenvalue weighted by molar-refractivity contribution is 0.0342. The third-order valence-corrected chi connectivity index (χ3v) is 4.59. The van der Waals surface area contributed by atoms with Crippen LogP contribution in [0.1, 0.15) is 21.7 Å². The Hall–Kier alpha value is -3.23. The quantitative estimate of drug-likeness (QED) is 0.715. The van der Waals surface area contributed by atoms with Crippen molar-refractivity contribution in [3.63, 3.8) is 0 Å². The molecular weight excluding hydrogens is 368 g/mol. The molecule has 0 atom stereocenters. The lowest BCUT2D eigenvalue weighted by Gasteiger charge is -2.26. The molecule has 0 aliphatic carbocycles. The van der Waals surface area contributed by atoms with E-state index in [9.17, 15) is 4.79 Å². The van der Waals surface area contributed by atoms with Gasteiger partial charge in [0.15, 0.2) is 5.82 Å². The Bertz CT molecular complexity index is 972. The van der Waals surface area contributed by atoms with Crippen LogP contribution in [0.15, 0.2) is 48.7 Å². The largest absolute Gasteiger partial charge is 0.379 e. The highest BCUT2D eigenvalue weighted by Gasteiger charge is 2.13. The summed E-state index contributed by atoms with van der Waals surface area (Å²) in [6, 6.07) is 13.1. The minimum atomic E-state index is -0.263. The fourth-order valence-corrected chi connectivity index (χ4v) is 3.10. The molecule has 4 rings (SSSR count). The summed E-state index contributed by atoms with van der Waals surface area (Å²) in [4.78, 5) is 32.1. The summed E-state index contributed by atoms with van der Waals surface area (Å²) in [6.45, 7) is 6.01. The third kappa shape index (κ3) is 4.98. The van der Waals surface area contributed by atoms with Gasteiger partial charge in [-0.15, -0.1) is 0 Å². The van der Waals surface area contributed by atoms with Crippen molar-refractivity contribution in [1.29, 1.82) is 0 Å². The van der Waals surface area contributed by atoms with Gasteiger partial charge in [0, 0.05) is 31.4 Å². The number of anilines is 1. The second-order valence-electron chi connectivity index (χ2n) is 6.78. The van der Waals surface area contributed by atoms with E-state index in [-0.39, 0.29) is 11.9 Å². The summed E-state index contributed by atoms with van der Waals surface area (Å²) in [5, 5.41) is 2.75. The maximum Gasteiger partial charge on any atom is 0.258 e. The van der Waals surface area contributed by atoms with Crippen molar-refractivity contribution >= 4 is 11.9 Å². The zero-order chi connectivity index (χ0) is 20.1. The van der Waals surface area contributed by atoms with Gasteiger partial charge in [-0.05, 0) is 36.8 Å². The highest BCUT2D eigenvalue weighted by atomic mass is 16.5. The Kier molecular flexibility index (Phi) is 5.83. The summed E-state index contributed by atoms with van der Waals surface area (Å²) in [6.07, 6.45) is 1.67. The van der Waals surface area contributed by atoms with Crippen LogP contribution < -0.4 is 5.32 Å². The molecule has 1 aromatic carbocycles. The van der Waals surface area contributed by atoms with E-state index in [1.807, 2.05) is 42.5 Å². The van der Waals surface area contributed by atoms with Crippen molar-refractivity contribution in [2.75, 3.05) is 31.6 Å². The zero-order valence-corrected chi connectivity index (χ0v) is 16.2. The zero-order valence-electron chi connectivity index (χ0n) is 16.2. The van der Waals surface area contributed by atoms with Crippen LogP contribution in [0.25, 0.3) is 11.5 Å². The summed E-state index contributed by atoms with van der Waals surface area (Å²) in [5.41, 5.74) is 2.34. The molecule has 0 spiro atoms. The molecule has 1 aliphatic heterocycles. The van der Waals surface area contributed by atoms with Crippen LogP contribution in [0.4, 0.5) is 5.95 Å². The van der Waals surface area contributed by atoms with Crippen LogP contribution in [0.5, 0.6) is 0 Å². The Morgan fingerprint density at radius 3 is 2.59 bits per heavy atom. The van der Waals surface area contributed by atoms with E-state index in [2.05, 4.69) is 30.2 Å². The number of rotatable bonds is 5. The maximum atomic E-state index is 12.6. The molecular formula is C21H22N6O2. The number of hydrogen-bond donors (Lipinski definition) is 1. The molecule has 2 aromatic heterocycles. The fourth-order valence-electron chi connectivity index (χ4n) is 3.10. The van der Waals surface area contributed by atoms with Gasteiger partial charge >= 0.3 is 0 Å². The van der Waals surface area contributed by atoms with E-state index < -0.39 is 0 Å². The molecule has 0 bridgehead atoms. The molecule has 1 aliphatic rings. The second kappa shape index (κ2) is 8.85. The Morgan fingerprint density at radius 1 is 1.07 bits per heavy atom. The molecule has 1 amide bonds. The van der Waals surface area contributed by atoms with Crippen molar-refractivity contribution in [2.45, 2.75) is 13.5 Å². The van der Waals surface area contributed by atoms with Crippen LogP contribution in [0, 0.1) is 6.92 Å². The van der Waals surface area contributed by atoms with Crippen LogP contribution in [-0.4, -0.2) is 57.0 Å². The Morgan fingerprint density at radius 2 is 1.86 bits per heavy atom. The van der Waals surface area contributed by atoms with E-state index in [0.29, 0.717) is 22.9 Å². The first-order valence-corrected chi connectivity index (χ1v) is 9.52. The fraction of sp³-hybridized carbons (Fsp3) is 0.286. The van der Waals surface area contributed by atoms with Crippen molar-refractivity contribution in [2.24, 2.45) is 0 Å². The van der Waals surface area contributed by atoms with Gasteiger partial charge in [-0.2, -0.15) is 9.97 Å². The van der Waals surface area contributed by atoms with Gasteiger partial charge in [0.1, 0.15) is 11.5 Å². The van der Waals surface area contributed by atoms with Crippen LogP contribution in [0.3, 0.4) is 0 Å². The number of nitrogens with one attached hydrogen (secondary N) is 1. The standard InChI is InChI=1S/C21H22N6O2/c1-15-23-19(18-4-2-3-9-22-18)25-21(24-15)26-20(28)17-7-5-16(6-8-17)14-27-10-12-29-13-11-27/h2-9H,10-14H2,1H3,(H,23,24,25,26,28). The molecule has 8 nitrogen and oxygen atoms in total. The smallest absolute Gasteiger partial charge is 0.258 e. The van der Waals surface area contributed by atoms with Crippen molar-refractivity contribution in [1.82, 2.24) is 24.8 Å². The molecule has 0 unspecified atom stereocenters. The minimum Gasteiger partial charge on any atom is -0.379 e. The molecule has 1 fully saturated rings. The average molecular weight is 390 g/mol. The number of benzene rings is 1. The predicted molar refractivity (Wildman–Crippen MR) is 108 cm³/mol. The second-order valence-corrected chi connectivity index (χ2v) is 6.78. The summed E-state index contributed by atoms with van der Waals surface area (Å²) in [7, 11) is 0. The number of aryl methyl sites for hydroxylation is 1. The minimum absolute atomic E-state index is 0.209. The van der Waals surface area contributed by atoms with Gasteiger partial charge in [0.2, 0.25) is 5.95 Å². The number of carbonyl (C=O) groups excluding carboxylic acids is 1. The monoisotopic (exact) mass is 390 g/mol. The summed E-state index contributed by atoms with van der Waals surface area (Å²) >= 11 is 0. The number of nitrogens with zero attached hydrogens (tertiary/aromatic N) is 5. The van der Waals surface area contributed by atoms with Gasteiger partial charge in [0.05, 0.1) is 13.2 Å². The normalized spacial score (nSPS) is 14.5. The molecule has 3 heterocycles. The number of pyridine rings is 1. The van der Waals surface area contributed by atoms with Crippen molar-refractivity contribution in [3.05, 3.63) is 65.6 Å². The topological polar surface area (TPSA) is 93.1 Å². The van der Waals surface area contributed by atoms with Gasteiger partial charge in [-0.1, -0.05) is 18.2 Å². The number of carbonyl (C=O) groups is 1. The Balaban J connectivity index is 1.44. The van der Waals surface area contributed by atoms with Crippen LogP contribution in [-0.2, 0) is 11.3 Å². The van der Waals surface area contributed by atoms with E-state index in [4.69, 9.17) is 4.74 Å². The summed E-state index contributed by atoms with van der Waals surface area (Å²) < 4.78 is 5.37. The Labute approximate surface area is 169 Å². The third-order valence-electron chi connectivity index (χ3n) is 4.59. The first-order valence-electron chi connectivity index (χ1n) is 9.52. The van der Waals surface area contributed by atoms with E-state index in [1.165, 1.54) is 0 Å². The van der Waals surface area contributed by atoms with E-state index in [0.717, 1.165) is 38.4 Å². The lowest BCUT2D eigenvalue weighted by atomic mass is 10.1. The van der Waals surface area contributed by atoms with Crippen molar-refractivity contribution in [3.8, 4) is 11.5 Å². The molecule has 3 aromatic rings. The van der Waals surface area contributed by atoms with Gasteiger partial charge in [-0.3, -0.25) is 20.0 Å². The van der Waals surface area contributed by atoms with Gasteiger partial charge < -0.3 is 4.74 Å². The van der Waals surface area contributed by atoms with Gasteiger partial charge in [-0.25, -0.2) is 4.98 Å². The average Bonchev–Trinajstić information content (AvgIpc) is 2.75. The lowest BCUT2D eigenvalue weighted by Crippen LogP contribution is -2.35. The highest BCUT2D eigenvalue weighted by molar-refractivity contribution is 6.03. The van der Waals surface area contributed by atoms with Gasteiger partial charge in [0.25, 0.3) is 5.91 Å². The molecule has 8 heteroatoms. The molecule has 0 radical (unpaired) electrons. The molecule has 29 heavy (non-hydrogen) atoms. The molecule has 1 N–H and O–H groups in total. The number of aromatic nitrogens is 4. The predicted octanol–water partition coefficient (Wildman–Crippen LogP) is 2.33. The first kappa shape index (κ1) is 19.1. The number of amides is 1. The number of ether oxygens (including phenoxy) is 1. The molecule has 1 saturated heterocycles. The van der Waals surface area contributed by atoms with E-state index in [1.54, 1.807) is 13.1 Å². The maximum absolute atomic E-state index is 12.6. The van der Waals surface area contributed by atoms with Crippen LogP contribution >= 0.6 is 0 Å². The summed E-state index contributed by atoms with van der Waals surface area (Å²) in [5.74, 6) is 0.882. The van der Waals surface area contributed by atoms with Crippen LogP contribution in [0.2, 0.25) is 0 Å². The molecule has 0 saturated carbocycles. The highest BCUT2D eigenvalue weighted by Crippen LogP contribution is 2.14.